The van der Waals surface area contributed by atoms with Gasteiger partial charge in [0.25, 0.3) is 11.5 Å². The number of hydrogen-bond acceptors (Lipinski definition) is 4. The van der Waals surface area contributed by atoms with Crippen LogP contribution in [0.2, 0.25) is 0 Å². The van der Waals surface area contributed by atoms with Gasteiger partial charge in [0, 0.05) is 11.8 Å². The second-order valence-corrected chi connectivity index (χ2v) is 4.24. The van der Waals surface area contributed by atoms with E-state index in [0.717, 1.165) is 18.2 Å². The van der Waals surface area contributed by atoms with Crippen LogP contribution in [0.3, 0.4) is 0 Å². The number of halogens is 4. The summed E-state index contributed by atoms with van der Waals surface area (Å²) in [7, 11) is 0. The molecule has 0 saturated heterocycles. The van der Waals surface area contributed by atoms with Gasteiger partial charge in [-0.2, -0.15) is 14.0 Å². The Kier molecular flexibility index (Phi) is 6.22. The first kappa shape index (κ1) is 17.8. The molecule has 0 aromatic heterocycles. The first-order valence-corrected chi connectivity index (χ1v) is 6.21. The van der Waals surface area contributed by atoms with E-state index >= 15 is 0 Å². The normalized spacial score (nSPS) is 13.2. The smallest absolute Gasteiger partial charge is 0.429 e. The van der Waals surface area contributed by atoms with Crippen molar-refractivity contribution in [2.45, 2.75) is 11.7 Å². The zero-order valence-electron chi connectivity index (χ0n) is 10.9. The molecule has 0 radical (unpaired) electrons. The number of aliphatic hydroxyl groups excluding tert-OH is 1. The van der Waals surface area contributed by atoms with Gasteiger partial charge in [0.1, 0.15) is 17.4 Å². The SMILES string of the molecule is N#CC(=CCO)C(=O)Nc1cccc(OC(F)(F)C(F)Cl)c1. The van der Waals surface area contributed by atoms with Crippen LogP contribution in [0.4, 0.5) is 18.9 Å². The molecule has 1 aromatic carbocycles. The first-order valence-electron chi connectivity index (χ1n) is 5.77. The molecule has 1 amide bonds. The lowest BCUT2D eigenvalue weighted by Gasteiger charge is -2.18. The van der Waals surface area contributed by atoms with Crippen molar-refractivity contribution in [3.63, 3.8) is 0 Å². The van der Waals surface area contributed by atoms with Gasteiger partial charge in [-0.05, 0) is 18.2 Å². The first-order chi connectivity index (χ1) is 10.3. The molecule has 1 rings (SSSR count). The Labute approximate surface area is 128 Å². The molecular formula is C13H10ClF3N2O3. The molecule has 22 heavy (non-hydrogen) atoms. The van der Waals surface area contributed by atoms with Crippen molar-refractivity contribution in [3.8, 4) is 11.8 Å². The second kappa shape index (κ2) is 7.68. The fourth-order valence-electron chi connectivity index (χ4n) is 1.32. The monoisotopic (exact) mass is 334 g/mol. The number of nitrogens with one attached hydrogen (secondary N) is 1. The van der Waals surface area contributed by atoms with Crippen molar-refractivity contribution >= 4 is 23.2 Å². The molecule has 1 atom stereocenters. The number of amides is 1. The highest BCUT2D eigenvalue weighted by Gasteiger charge is 2.42. The van der Waals surface area contributed by atoms with Crippen LogP contribution in [-0.4, -0.2) is 29.4 Å². The maximum Gasteiger partial charge on any atom is 0.444 e. The molecule has 0 bridgehead atoms. The van der Waals surface area contributed by atoms with Crippen LogP contribution in [0.25, 0.3) is 0 Å². The van der Waals surface area contributed by atoms with Crippen LogP contribution in [0.1, 0.15) is 0 Å². The van der Waals surface area contributed by atoms with Crippen molar-refractivity contribution in [2.24, 2.45) is 0 Å². The average Bonchev–Trinajstić information content (AvgIpc) is 2.44. The molecule has 2 N–H and O–H groups in total. The molecule has 0 heterocycles. The van der Waals surface area contributed by atoms with Crippen LogP contribution < -0.4 is 10.1 Å². The Hall–Kier alpha value is -2.24. The van der Waals surface area contributed by atoms with Crippen LogP contribution in [0, 0.1) is 11.3 Å². The van der Waals surface area contributed by atoms with Crippen LogP contribution in [-0.2, 0) is 4.79 Å². The van der Waals surface area contributed by atoms with Gasteiger partial charge in [0.15, 0.2) is 0 Å². The summed E-state index contributed by atoms with van der Waals surface area (Å²) in [4.78, 5) is 11.7. The Morgan fingerprint density at radius 2 is 2.27 bits per heavy atom. The van der Waals surface area contributed by atoms with E-state index in [1.807, 2.05) is 0 Å². The lowest BCUT2D eigenvalue weighted by molar-refractivity contribution is -0.198. The number of nitrogens with zero attached hydrogens (tertiary/aromatic N) is 1. The third kappa shape index (κ3) is 4.95. The van der Waals surface area contributed by atoms with Gasteiger partial charge in [-0.25, -0.2) is 4.39 Å². The Morgan fingerprint density at radius 1 is 1.59 bits per heavy atom. The van der Waals surface area contributed by atoms with E-state index in [-0.39, 0.29) is 11.3 Å². The molecule has 118 valence electrons. The fraction of sp³-hybridized carbons (Fsp3) is 0.231. The highest BCUT2D eigenvalue weighted by molar-refractivity contribution is 6.20. The molecule has 0 aliphatic heterocycles. The van der Waals surface area contributed by atoms with Gasteiger partial charge in [-0.3, -0.25) is 4.79 Å². The quantitative estimate of drug-likeness (QED) is 0.476. The molecule has 5 nitrogen and oxygen atoms in total. The maximum atomic E-state index is 13.0. The fourth-order valence-corrected chi connectivity index (χ4v) is 1.36. The maximum absolute atomic E-state index is 13.0. The van der Waals surface area contributed by atoms with Crippen molar-refractivity contribution in [1.82, 2.24) is 0 Å². The summed E-state index contributed by atoms with van der Waals surface area (Å²) < 4.78 is 42.6. The second-order valence-electron chi connectivity index (χ2n) is 3.86. The summed E-state index contributed by atoms with van der Waals surface area (Å²) in [5, 5.41) is 19.6. The van der Waals surface area contributed by atoms with Crippen LogP contribution in [0.15, 0.2) is 35.9 Å². The van der Waals surface area contributed by atoms with Gasteiger partial charge in [-0.15, -0.1) is 0 Å². The minimum atomic E-state index is -4.24. The Bertz CT molecular complexity index is 615. The molecule has 0 saturated carbocycles. The number of hydrogen-bond donors (Lipinski definition) is 2. The molecule has 0 aliphatic carbocycles. The predicted octanol–water partition coefficient (Wildman–Crippen LogP) is 2.57. The van der Waals surface area contributed by atoms with Crippen LogP contribution >= 0.6 is 11.6 Å². The number of nitriles is 1. The van der Waals surface area contributed by atoms with Crippen molar-refractivity contribution < 1.29 is 27.8 Å². The summed E-state index contributed by atoms with van der Waals surface area (Å²) in [6, 6.07) is 6.28. The zero-order chi connectivity index (χ0) is 16.8. The standard InChI is InChI=1S/C13H10ClF3N2O3/c14-12(15)13(16,17)22-10-3-1-2-9(6-10)19-11(21)8(7-18)4-5-20/h1-4,6,12,20H,5H2,(H,19,21). The van der Waals surface area contributed by atoms with Crippen LogP contribution in [0.5, 0.6) is 5.75 Å². The number of ether oxygens (including phenoxy) is 1. The number of carbonyl (C=O) groups is 1. The molecule has 9 heteroatoms. The third-order valence-electron chi connectivity index (χ3n) is 2.26. The van der Waals surface area contributed by atoms with Crippen molar-refractivity contribution in [3.05, 3.63) is 35.9 Å². The Balaban J connectivity index is 2.88. The van der Waals surface area contributed by atoms with Gasteiger partial charge < -0.3 is 15.2 Å². The van der Waals surface area contributed by atoms with E-state index in [4.69, 9.17) is 10.4 Å². The minimum Gasteiger partial charge on any atom is -0.429 e. The predicted molar refractivity (Wildman–Crippen MR) is 72.2 cm³/mol. The number of rotatable bonds is 6. The number of carbonyl (C=O) groups excluding carboxylic acids is 1. The van der Waals surface area contributed by atoms with Crippen molar-refractivity contribution in [2.75, 3.05) is 11.9 Å². The molecule has 1 aromatic rings. The summed E-state index contributed by atoms with van der Waals surface area (Å²) >= 11 is 4.66. The van der Waals surface area contributed by atoms with E-state index in [1.54, 1.807) is 6.07 Å². The molecule has 0 fully saturated rings. The zero-order valence-corrected chi connectivity index (χ0v) is 11.6. The lowest BCUT2D eigenvalue weighted by Crippen LogP contribution is -2.32. The van der Waals surface area contributed by atoms with Gasteiger partial charge >= 0.3 is 6.11 Å². The molecule has 1 unspecified atom stereocenters. The van der Waals surface area contributed by atoms with Gasteiger partial charge in [0.2, 0.25) is 0 Å². The van der Waals surface area contributed by atoms with Gasteiger partial charge in [-0.1, -0.05) is 17.7 Å². The summed E-state index contributed by atoms with van der Waals surface area (Å²) in [6.07, 6.45) is -3.26. The number of anilines is 1. The largest absolute Gasteiger partial charge is 0.444 e. The number of benzene rings is 1. The van der Waals surface area contributed by atoms with Gasteiger partial charge in [0.05, 0.1) is 6.61 Å². The molecular weight excluding hydrogens is 325 g/mol. The van der Waals surface area contributed by atoms with E-state index in [0.29, 0.717) is 0 Å². The van der Waals surface area contributed by atoms with E-state index in [9.17, 15) is 18.0 Å². The summed E-state index contributed by atoms with van der Waals surface area (Å²) in [5.74, 6) is -1.28. The number of alkyl halides is 4. The van der Waals surface area contributed by atoms with E-state index < -0.39 is 30.0 Å². The Morgan fingerprint density at radius 3 is 2.82 bits per heavy atom. The summed E-state index contributed by atoms with van der Waals surface area (Å²) in [5.41, 5.74) is -3.37. The lowest BCUT2D eigenvalue weighted by atomic mass is 10.2. The summed E-state index contributed by atoms with van der Waals surface area (Å²) in [6.45, 7) is -0.515. The van der Waals surface area contributed by atoms with Crippen molar-refractivity contribution in [1.29, 1.82) is 5.26 Å². The molecule has 0 spiro atoms. The minimum absolute atomic E-state index is 0.0300. The average molecular weight is 335 g/mol. The highest BCUT2D eigenvalue weighted by Crippen LogP contribution is 2.29. The van der Waals surface area contributed by atoms with E-state index in [1.165, 1.54) is 12.1 Å². The number of aliphatic hydroxyl groups is 1. The third-order valence-corrected chi connectivity index (χ3v) is 2.51. The molecule has 0 aliphatic rings. The van der Waals surface area contributed by atoms with E-state index in [2.05, 4.69) is 21.7 Å². The topological polar surface area (TPSA) is 82.3 Å². The highest BCUT2D eigenvalue weighted by atomic mass is 35.5.